The second kappa shape index (κ2) is 8.87. The lowest BCUT2D eigenvalue weighted by molar-refractivity contribution is -0.139. The van der Waals surface area contributed by atoms with E-state index in [1.54, 1.807) is 24.3 Å². The molecule has 0 aromatic heterocycles. The van der Waals surface area contributed by atoms with Gasteiger partial charge in [0.25, 0.3) is 5.91 Å². The van der Waals surface area contributed by atoms with E-state index in [1.807, 2.05) is 44.2 Å². The molecule has 2 N–H and O–H groups in total. The van der Waals surface area contributed by atoms with Gasteiger partial charge < -0.3 is 15.2 Å². The zero-order chi connectivity index (χ0) is 18.2. The van der Waals surface area contributed by atoms with Crippen LogP contribution in [-0.4, -0.2) is 29.1 Å². The van der Waals surface area contributed by atoms with Crippen LogP contribution >= 0.6 is 0 Å². The number of benzene rings is 2. The van der Waals surface area contributed by atoms with Gasteiger partial charge in [-0.05, 0) is 43.2 Å². The van der Waals surface area contributed by atoms with Crippen molar-refractivity contribution in [1.82, 2.24) is 5.32 Å². The Kier molecular flexibility index (Phi) is 6.57. The number of rotatable bonds is 8. The Morgan fingerprint density at radius 2 is 1.72 bits per heavy atom. The van der Waals surface area contributed by atoms with Crippen LogP contribution in [0.25, 0.3) is 0 Å². The quantitative estimate of drug-likeness (QED) is 0.772. The molecule has 0 saturated heterocycles. The first-order chi connectivity index (χ1) is 12.0. The summed E-state index contributed by atoms with van der Waals surface area (Å²) in [5.41, 5.74) is 1.25. The maximum Gasteiger partial charge on any atom is 0.326 e. The number of carboxylic acids is 1. The van der Waals surface area contributed by atoms with Gasteiger partial charge in [-0.2, -0.15) is 0 Å². The predicted octanol–water partition coefficient (Wildman–Crippen LogP) is 3.29. The number of hydrogen-bond acceptors (Lipinski definition) is 3. The second-order valence-corrected chi connectivity index (χ2v) is 5.92. The van der Waals surface area contributed by atoms with Gasteiger partial charge in [-0.25, -0.2) is 4.79 Å². The molecule has 0 aliphatic heterocycles. The zero-order valence-corrected chi connectivity index (χ0v) is 14.4. The van der Waals surface area contributed by atoms with Crippen LogP contribution in [0.15, 0.2) is 54.6 Å². The second-order valence-electron chi connectivity index (χ2n) is 5.92. The van der Waals surface area contributed by atoms with Crippen molar-refractivity contribution >= 4 is 11.9 Å². The minimum absolute atomic E-state index is 0.0990. The molecule has 1 unspecified atom stereocenters. The highest BCUT2D eigenvalue weighted by atomic mass is 16.5. The SMILES string of the molecule is CCC(C)Oc1ccc(C(=O)N[C@@H](Cc2ccccc2)C(=O)O)cc1. The monoisotopic (exact) mass is 341 g/mol. The molecule has 0 spiro atoms. The molecule has 0 aliphatic rings. The summed E-state index contributed by atoms with van der Waals surface area (Å²) in [6.45, 7) is 4.01. The van der Waals surface area contributed by atoms with Crippen LogP contribution in [0.3, 0.4) is 0 Å². The van der Waals surface area contributed by atoms with Crippen LogP contribution in [0.1, 0.15) is 36.2 Å². The Morgan fingerprint density at radius 3 is 2.28 bits per heavy atom. The van der Waals surface area contributed by atoms with Crippen molar-refractivity contribution in [3.63, 3.8) is 0 Å². The normalized spacial score (nSPS) is 12.9. The van der Waals surface area contributed by atoms with E-state index in [1.165, 1.54) is 0 Å². The molecule has 0 fully saturated rings. The Hall–Kier alpha value is -2.82. The number of hydrogen-bond donors (Lipinski definition) is 2. The van der Waals surface area contributed by atoms with Gasteiger partial charge in [0.2, 0.25) is 0 Å². The molecular weight excluding hydrogens is 318 g/mol. The first kappa shape index (κ1) is 18.5. The first-order valence-corrected chi connectivity index (χ1v) is 8.34. The Labute approximate surface area is 147 Å². The van der Waals surface area contributed by atoms with Crippen molar-refractivity contribution in [2.75, 3.05) is 0 Å². The van der Waals surface area contributed by atoms with Crippen LogP contribution < -0.4 is 10.1 Å². The summed E-state index contributed by atoms with van der Waals surface area (Å²) in [6, 6.07) is 14.9. The third kappa shape index (κ3) is 5.64. The molecule has 2 aromatic rings. The van der Waals surface area contributed by atoms with E-state index in [-0.39, 0.29) is 12.5 Å². The lowest BCUT2D eigenvalue weighted by Gasteiger charge is -2.15. The van der Waals surface area contributed by atoms with Gasteiger partial charge in [0.1, 0.15) is 11.8 Å². The van der Waals surface area contributed by atoms with Gasteiger partial charge >= 0.3 is 5.97 Å². The van der Waals surface area contributed by atoms with E-state index in [4.69, 9.17) is 4.74 Å². The van der Waals surface area contributed by atoms with Gasteiger partial charge in [0, 0.05) is 12.0 Å². The van der Waals surface area contributed by atoms with E-state index in [0.717, 1.165) is 12.0 Å². The Bertz CT molecular complexity index is 697. The summed E-state index contributed by atoms with van der Waals surface area (Å²) in [7, 11) is 0. The van der Waals surface area contributed by atoms with Crippen molar-refractivity contribution in [1.29, 1.82) is 0 Å². The smallest absolute Gasteiger partial charge is 0.326 e. The summed E-state index contributed by atoms with van der Waals surface area (Å²) < 4.78 is 5.67. The molecule has 0 heterocycles. The fraction of sp³-hybridized carbons (Fsp3) is 0.300. The maximum absolute atomic E-state index is 12.3. The average molecular weight is 341 g/mol. The van der Waals surface area contributed by atoms with E-state index in [0.29, 0.717) is 11.3 Å². The number of aliphatic carboxylic acids is 1. The van der Waals surface area contributed by atoms with Crippen molar-refractivity contribution in [3.8, 4) is 5.75 Å². The fourth-order valence-electron chi connectivity index (χ4n) is 2.29. The molecule has 25 heavy (non-hydrogen) atoms. The highest BCUT2D eigenvalue weighted by molar-refractivity contribution is 5.96. The van der Waals surface area contributed by atoms with Gasteiger partial charge in [-0.3, -0.25) is 4.79 Å². The van der Waals surface area contributed by atoms with Gasteiger partial charge in [-0.1, -0.05) is 37.3 Å². The third-order valence-electron chi connectivity index (χ3n) is 3.91. The minimum Gasteiger partial charge on any atom is -0.491 e. The van der Waals surface area contributed by atoms with Gasteiger partial charge in [0.15, 0.2) is 0 Å². The highest BCUT2D eigenvalue weighted by Gasteiger charge is 2.21. The van der Waals surface area contributed by atoms with Crippen molar-refractivity contribution in [2.45, 2.75) is 38.8 Å². The van der Waals surface area contributed by atoms with E-state index >= 15 is 0 Å². The summed E-state index contributed by atoms with van der Waals surface area (Å²) in [6.07, 6.45) is 1.22. The minimum atomic E-state index is -1.06. The number of nitrogens with one attached hydrogen (secondary N) is 1. The summed E-state index contributed by atoms with van der Waals surface area (Å²) in [5.74, 6) is -0.794. The van der Waals surface area contributed by atoms with Crippen LogP contribution in [-0.2, 0) is 11.2 Å². The standard InChI is InChI=1S/C20H23NO4/c1-3-14(2)25-17-11-9-16(10-12-17)19(22)21-18(20(23)24)13-15-7-5-4-6-8-15/h4-12,14,18H,3,13H2,1-2H3,(H,21,22)(H,23,24)/t14?,18-/m0/s1. The van der Waals surface area contributed by atoms with Crippen LogP contribution in [0.2, 0.25) is 0 Å². The molecule has 0 radical (unpaired) electrons. The number of carbonyl (C=O) groups is 2. The van der Waals surface area contributed by atoms with Crippen molar-refractivity contribution in [2.24, 2.45) is 0 Å². The molecule has 2 rings (SSSR count). The molecule has 132 valence electrons. The van der Waals surface area contributed by atoms with Crippen LogP contribution in [0.4, 0.5) is 0 Å². The van der Waals surface area contributed by atoms with E-state index < -0.39 is 17.9 Å². The largest absolute Gasteiger partial charge is 0.491 e. The molecule has 0 saturated carbocycles. The van der Waals surface area contributed by atoms with Gasteiger partial charge in [0.05, 0.1) is 6.10 Å². The maximum atomic E-state index is 12.3. The fourth-order valence-corrected chi connectivity index (χ4v) is 2.29. The highest BCUT2D eigenvalue weighted by Crippen LogP contribution is 2.15. The third-order valence-corrected chi connectivity index (χ3v) is 3.91. The van der Waals surface area contributed by atoms with E-state index in [2.05, 4.69) is 5.32 Å². The lowest BCUT2D eigenvalue weighted by Crippen LogP contribution is -2.42. The summed E-state index contributed by atoms with van der Waals surface area (Å²) in [4.78, 5) is 23.8. The number of amides is 1. The summed E-state index contributed by atoms with van der Waals surface area (Å²) in [5, 5.41) is 11.9. The molecule has 2 atom stereocenters. The van der Waals surface area contributed by atoms with Crippen molar-refractivity contribution < 1.29 is 19.4 Å². The van der Waals surface area contributed by atoms with Crippen molar-refractivity contribution in [3.05, 3.63) is 65.7 Å². The number of carboxylic acid groups (broad SMARTS) is 1. The topological polar surface area (TPSA) is 75.6 Å². The molecule has 0 aliphatic carbocycles. The summed E-state index contributed by atoms with van der Waals surface area (Å²) >= 11 is 0. The lowest BCUT2D eigenvalue weighted by atomic mass is 10.1. The van der Waals surface area contributed by atoms with Crippen LogP contribution in [0, 0.1) is 0 Å². The molecule has 2 aromatic carbocycles. The Balaban J connectivity index is 2.02. The average Bonchev–Trinajstić information content (AvgIpc) is 2.62. The molecule has 5 heteroatoms. The molecular formula is C20H23NO4. The number of carbonyl (C=O) groups excluding carboxylic acids is 1. The molecule has 5 nitrogen and oxygen atoms in total. The molecule has 0 bridgehead atoms. The van der Waals surface area contributed by atoms with Crippen LogP contribution in [0.5, 0.6) is 5.75 Å². The predicted molar refractivity (Wildman–Crippen MR) is 95.9 cm³/mol. The first-order valence-electron chi connectivity index (χ1n) is 8.34. The zero-order valence-electron chi connectivity index (χ0n) is 14.4. The van der Waals surface area contributed by atoms with Gasteiger partial charge in [-0.15, -0.1) is 0 Å². The number of ether oxygens (including phenoxy) is 1. The van der Waals surface area contributed by atoms with E-state index in [9.17, 15) is 14.7 Å². The Morgan fingerprint density at radius 1 is 1.08 bits per heavy atom. The molecule has 1 amide bonds.